The van der Waals surface area contributed by atoms with Gasteiger partial charge in [0.2, 0.25) is 5.91 Å². The second-order valence-electron chi connectivity index (χ2n) is 8.39. The van der Waals surface area contributed by atoms with Crippen molar-refractivity contribution in [3.05, 3.63) is 62.4 Å². The molecule has 2 bridgehead atoms. The molecule has 2 aromatic heterocycles. The molecule has 8 nitrogen and oxygen atoms in total. The predicted molar refractivity (Wildman–Crippen MR) is 109 cm³/mol. The van der Waals surface area contributed by atoms with Crippen molar-refractivity contribution in [3.8, 4) is 0 Å². The summed E-state index contributed by atoms with van der Waals surface area (Å²) in [4.78, 5) is 40.7. The number of nitrogens with zero attached hydrogens (tertiary/aromatic N) is 4. The van der Waals surface area contributed by atoms with Gasteiger partial charge in [-0.3, -0.25) is 14.4 Å². The summed E-state index contributed by atoms with van der Waals surface area (Å²) < 4.78 is 1.96. The molecule has 4 rings (SSSR count). The zero-order valence-corrected chi connectivity index (χ0v) is 16.9. The molecule has 29 heavy (non-hydrogen) atoms. The van der Waals surface area contributed by atoms with E-state index in [4.69, 9.17) is 0 Å². The first-order chi connectivity index (χ1) is 13.9. The van der Waals surface area contributed by atoms with Crippen LogP contribution in [0.4, 0.5) is 0 Å². The summed E-state index contributed by atoms with van der Waals surface area (Å²) >= 11 is 0. The van der Waals surface area contributed by atoms with Gasteiger partial charge in [-0.2, -0.15) is 5.10 Å². The normalized spacial score (nSPS) is 23.1. The van der Waals surface area contributed by atoms with Crippen LogP contribution in [0.15, 0.2) is 39.9 Å². The molecule has 154 valence electrons. The summed E-state index contributed by atoms with van der Waals surface area (Å²) in [5, 5.41) is 6.39. The van der Waals surface area contributed by atoms with Crippen molar-refractivity contribution in [2.24, 2.45) is 5.92 Å². The Morgan fingerprint density at radius 1 is 1.21 bits per heavy atom. The van der Waals surface area contributed by atoms with Crippen LogP contribution in [-0.4, -0.2) is 64.2 Å². The zero-order chi connectivity index (χ0) is 20.5. The van der Waals surface area contributed by atoms with Gasteiger partial charge in [-0.25, -0.2) is 5.10 Å². The van der Waals surface area contributed by atoms with E-state index >= 15 is 0 Å². The number of hydrogen-bond acceptors (Lipinski definition) is 5. The quantitative estimate of drug-likeness (QED) is 0.798. The maximum atomic E-state index is 12.9. The molecule has 2 aliphatic rings. The van der Waals surface area contributed by atoms with E-state index in [0.29, 0.717) is 31.6 Å². The number of amides is 1. The van der Waals surface area contributed by atoms with Crippen LogP contribution in [0.5, 0.6) is 0 Å². The molecule has 1 amide bonds. The van der Waals surface area contributed by atoms with Crippen LogP contribution in [-0.2, 0) is 11.2 Å². The third-order valence-corrected chi connectivity index (χ3v) is 6.04. The molecule has 0 saturated carbocycles. The van der Waals surface area contributed by atoms with E-state index in [1.165, 1.54) is 6.07 Å². The maximum Gasteiger partial charge on any atom is 0.264 e. The number of fused-ring (bicyclic) bond motifs is 4. The largest absolute Gasteiger partial charge is 0.342 e. The molecule has 4 heterocycles. The minimum atomic E-state index is -0.246. The Morgan fingerprint density at radius 3 is 2.76 bits per heavy atom. The number of likely N-dealkylation sites (N-methyl/N-ethyl adjacent to an activating group) is 1. The fourth-order valence-electron chi connectivity index (χ4n) is 4.76. The highest BCUT2D eigenvalue weighted by Gasteiger charge is 2.41. The Hall–Kier alpha value is -2.74. The van der Waals surface area contributed by atoms with Crippen LogP contribution in [0.1, 0.15) is 36.2 Å². The number of pyridine rings is 1. The lowest BCUT2D eigenvalue weighted by Crippen LogP contribution is -2.52. The van der Waals surface area contributed by atoms with E-state index < -0.39 is 0 Å². The number of H-pyrrole nitrogens is 1. The maximum absolute atomic E-state index is 12.9. The van der Waals surface area contributed by atoms with Gasteiger partial charge in [-0.15, -0.1) is 0 Å². The Kier molecular flexibility index (Phi) is 5.36. The topological polar surface area (TPSA) is 91.3 Å². The van der Waals surface area contributed by atoms with Crippen molar-refractivity contribution in [2.45, 2.75) is 31.2 Å². The van der Waals surface area contributed by atoms with Crippen molar-refractivity contribution in [2.75, 3.05) is 33.7 Å². The molecule has 0 spiro atoms. The number of likely N-dealkylation sites (tertiary alicyclic amines) is 1. The number of aromatic nitrogens is 3. The minimum Gasteiger partial charge on any atom is -0.342 e. The highest BCUT2D eigenvalue weighted by molar-refractivity contribution is 5.76. The number of carbonyl (C=O) groups excluding carboxylic acids is 1. The molecular formula is C21H27N5O3. The summed E-state index contributed by atoms with van der Waals surface area (Å²) in [6.07, 6.45) is 1.87. The van der Waals surface area contributed by atoms with Gasteiger partial charge in [0, 0.05) is 56.2 Å². The van der Waals surface area contributed by atoms with Gasteiger partial charge >= 0.3 is 0 Å². The van der Waals surface area contributed by atoms with Crippen molar-refractivity contribution < 1.29 is 4.79 Å². The van der Waals surface area contributed by atoms with Crippen LogP contribution in [0, 0.1) is 5.92 Å². The first kappa shape index (κ1) is 19.6. The fourth-order valence-corrected chi connectivity index (χ4v) is 4.76. The first-order valence-corrected chi connectivity index (χ1v) is 10.1. The summed E-state index contributed by atoms with van der Waals surface area (Å²) in [7, 11) is 4.03. The number of aromatic amines is 1. The number of nitrogens with one attached hydrogen (secondary N) is 1. The lowest BCUT2D eigenvalue weighted by molar-refractivity contribution is -0.134. The van der Waals surface area contributed by atoms with Crippen LogP contribution >= 0.6 is 0 Å². The third-order valence-electron chi connectivity index (χ3n) is 6.04. The van der Waals surface area contributed by atoms with Crippen LogP contribution < -0.4 is 11.1 Å². The Balaban J connectivity index is 1.53. The lowest BCUT2D eigenvalue weighted by Gasteiger charge is -2.47. The number of hydrogen-bond donors (Lipinski definition) is 1. The highest BCUT2D eigenvalue weighted by atomic mass is 16.2. The number of piperidine rings is 1. The molecule has 1 N–H and O–H groups in total. The molecule has 8 heteroatoms. The average Bonchev–Trinajstić information content (AvgIpc) is 2.70. The number of aryl methyl sites for hydroxylation is 1. The second kappa shape index (κ2) is 7.94. The third kappa shape index (κ3) is 4.03. The van der Waals surface area contributed by atoms with E-state index in [2.05, 4.69) is 15.1 Å². The van der Waals surface area contributed by atoms with Gasteiger partial charge in [-0.05, 0) is 38.6 Å². The molecule has 1 saturated heterocycles. The predicted octanol–water partition coefficient (Wildman–Crippen LogP) is 0.613. The van der Waals surface area contributed by atoms with Gasteiger partial charge in [0.15, 0.2) is 0 Å². The molecule has 0 aliphatic carbocycles. The Bertz CT molecular complexity index is 991. The molecule has 2 aromatic rings. The van der Waals surface area contributed by atoms with Gasteiger partial charge in [-0.1, -0.05) is 6.07 Å². The second-order valence-corrected chi connectivity index (χ2v) is 8.39. The van der Waals surface area contributed by atoms with E-state index in [-0.39, 0.29) is 34.9 Å². The molecule has 0 unspecified atom stereocenters. The van der Waals surface area contributed by atoms with Crippen molar-refractivity contribution in [1.82, 2.24) is 24.6 Å². The molecule has 1 fully saturated rings. The zero-order valence-electron chi connectivity index (χ0n) is 16.9. The lowest BCUT2D eigenvalue weighted by atomic mass is 9.78. The molecule has 0 aromatic carbocycles. The van der Waals surface area contributed by atoms with Crippen molar-refractivity contribution in [1.29, 1.82) is 0 Å². The van der Waals surface area contributed by atoms with Crippen LogP contribution in [0.2, 0.25) is 0 Å². The fraction of sp³-hybridized carbons (Fsp3) is 0.524. The summed E-state index contributed by atoms with van der Waals surface area (Å²) in [5.74, 6) is 0.554. The SMILES string of the molecule is CN(C)C[C@H]1[C@H]2C[C@H](CN(C(=O)CCc3ccc(=O)[nH]n3)C2)c2cccc(=O)n21. The molecule has 3 atom stereocenters. The Labute approximate surface area is 169 Å². The number of carbonyl (C=O) groups is 1. The van der Waals surface area contributed by atoms with E-state index in [0.717, 1.165) is 18.7 Å². The van der Waals surface area contributed by atoms with E-state index in [9.17, 15) is 14.4 Å². The van der Waals surface area contributed by atoms with Gasteiger partial charge in [0.25, 0.3) is 11.1 Å². The van der Waals surface area contributed by atoms with Gasteiger partial charge in [0.05, 0.1) is 11.7 Å². The Morgan fingerprint density at radius 2 is 2.03 bits per heavy atom. The molecule has 2 aliphatic heterocycles. The van der Waals surface area contributed by atoms with E-state index in [1.54, 1.807) is 12.1 Å². The molecule has 0 radical (unpaired) electrons. The highest BCUT2D eigenvalue weighted by Crippen LogP contribution is 2.41. The van der Waals surface area contributed by atoms with Crippen LogP contribution in [0.3, 0.4) is 0 Å². The first-order valence-electron chi connectivity index (χ1n) is 10.1. The summed E-state index contributed by atoms with van der Waals surface area (Å²) in [5.41, 5.74) is 1.55. The monoisotopic (exact) mass is 397 g/mol. The minimum absolute atomic E-state index is 0.0490. The van der Waals surface area contributed by atoms with E-state index in [1.807, 2.05) is 35.7 Å². The van der Waals surface area contributed by atoms with Crippen molar-refractivity contribution in [3.63, 3.8) is 0 Å². The summed E-state index contributed by atoms with van der Waals surface area (Å²) in [6, 6.07) is 8.65. The van der Waals surface area contributed by atoms with Gasteiger partial charge in [0.1, 0.15) is 0 Å². The van der Waals surface area contributed by atoms with Crippen LogP contribution in [0.25, 0.3) is 0 Å². The summed E-state index contributed by atoms with van der Waals surface area (Å²) in [6.45, 7) is 2.10. The molecular weight excluding hydrogens is 370 g/mol. The smallest absolute Gasteiger partial charge is 0.264 e. The standard InChI is InChI=1S/C21H27N5O3/c1-24(2)13-18-15-10-14(17-4-3-5-21(29)26(17)18)11-25(12-15)20(28)9-7-16-6-8-19(27)23-22-16/h3-6,8,14-15,18H,7,9-13H2,1-2H3,(H,23,27)/t14-,15+,18+/m1/s1. The number of rotatable bonds is 5. The van der Waals surface area contributed by atoms with Gasteiger partial charge < -0.3 is 14.4 Å². The van der Waals surface area contributed by atoms with Crippen molar-refractivity contribution >= 4 is 5.91 Å². The average molecular weight is 397 g/mol.